The molecule has 0 aromatic carbocycles. The quantitative estimate of drug-likeness (QED) is 0.392. The van der Waals surface area contributed by atoms with E-state index in [0.717, 1.165) is 12.8 Å². The number of hydrogen-bond acceptors (Lipinski definition) is 6. The van der Waals surface area contributed by atoms with Crippen LogP contribution >= 0.6 is 25.3 Å². The molecule has 20 heavy (non-hydrogen) atoms. The largest absolute Gasteiger partial charge is 0.481 e. The molecule has 0 amide bonds. The average Bonchev–Trinajstić information content (AvgIpc) is 2.38. The van der Waals surface area contributed by atoms with E-state index < -0.39 is 11.9 Å². The summed E-state index contributed by atoms with van der Waals surface area (Å²) < 4.78 is 0. The molecule has 6 nitrogen and oxygen atoms in total. The Bertz CT molecular complexity index is 214. The van der Waals surface area contributed by atoms with Gasteiger partial charge in [-0.25, -0.2) is 0 Å². The Hall–Kier alpha value is -0.440. The molecule has 4 N–H and O–H groups in total. The molecule has 0 fully saturated rings. The van der Waals surface area contributed by atoms with Crippen molar-refractivity contribution in [1.82, 2.24) is 0 Å². The van der Waals surface area contributed by atoms with Gasteiger partial charge in [0.25, 0.3) is 0 Å². The third kappa shape index (κ3) is 30.5. The smallest absolute Gasteiger partial charge is 0.304 e. The third-order valence-corrected chi connectivity index (χ3v) is 2.96. The highest BCUT2D eigenvalue weighted by molar-refractivity contribution is 7.81. The van der Waals surface area contributed by atoms with Gasteiger partial charge in [-0.3, -0.25) is 9.59 Å². The number of thiol groups is 2. The van der Waals surface area contributed by atoms with Crippen molar-refractivity contribution in [2.45, 2.75) is 50.0 Å². The van der Waals surface area contributed by atoms with E-state index in [1.165, 1.54) is 0 Å². The number of aliphatic hydroxyl groups excluding tert-OH is 2. The minimum atomic E-state index is -0.771. The first-order valence-corrected chi connectivity index (χ1v) is 7.29. The topological polar surface area (TPSA) is 115 Å². The highest BCUT2D eigenvalue weighted by atomic mass is 32.1. The van der Waals surface area contributed by atoms with E-state index in [1.807, 2.05) is 13.8 Å². The molecule has 0 rings (SSSR count). The van der Waals surface area contributed by atoms with Crippen LogP contribution in [0, 0.1) is 0 Å². The van der Waals surface area contributed by atoms with Crippen molar-refractivity contribution in [3.05, 3.63) is 0 Å². The Morgan fingerprint density at radius 1 is 0.850 bits per heavy atom. The van der Waals surface area contributed by atoms with Gasteiger partial charge in [0.2, 0.25) is 0 Å². The van der Waals surface area contributed by atoms with Gasteiger partial charge in [-0.1, -0.05) is 13.8 Å². The Morgan fingerprint density at radius 3 is 1.15 bits per heavy atom. The Labute approximate surface area is 131 Å². The van der Waals surface area contributed by atoms with E-state index in [2.05, 4.69) is 25.3 Å². The first kappa shape index (κ1) is 24.6. The lowest BCUT2D eigenvalue weighted by molar-refractivity contribution is -0.138. The lowest BCUT2D eigenvalue weighted by Gasteiger charge is -1.99. The van der Waals surface area contributed by atoms with E-state index in [1.54, 1.807) is 0 Å². The number of aliphatic carboxylic acids is 2. The molecule has 122 valence electrons. The lowest BCUT2D eigenvalue weighted by atomic mass is 10.2. The van der Waals surface area contributed by atoms with Crippen molar-refractivity contribution in [2.24, 2.45) is 0 Å². The normalized spacial score (nSPS) is 12.1. The molecule has 2 atom stereocenters. The van der Waals surface area contributed by atoms with Crippen LogP contribution in [-0.4, -0.2) is 56.1 Å². The number of rotatable bonds is 7. The van der Waals surface area contributed by atoms with Crippen LogP contribution in [0.4, 0.5) is 0 Å². The SMILES string of the molecule is CCC(S)CC(=O)O.CCC(S)CC(=O)O.OCCO. The van der Waals surface area contributed by atoms with E-state index in [9.17, 15) is 9.59 Å². The van der Waals surface area contributed by atoms with Gasteiger partial charge < -0.3 is 20.4 Å². The molecule has 2 unspecified atom stereocenters. The van der Waals surface area contributed by atoms with Crippen LogP contribution in [0.15, 0.2) is 0 Å². The summed E-state index contributed by atoms with van der Waals surface area (Å²) in [6.07, 6.45) is 1.96. The van der Waals surface area contributed by atoms with Crippen molar-refractivity contribution < 1.29 is 30.0 Å². The Morgan fingerprint density at radius 2 is 1.10 bits per heavy atom. The summed E-state index contributed by atoms with van der Waals surface area (Å²) >= 11 is 7.98. The second-order valence-electron chi connectivity index (χ2n) is 3.77. The zero-order valence-electron chi connectivity index (χ0n) is 11.9. The Balaban J connectivity index is -0.000000230. The average molecular weight is 330 g/mol. The molecular formula is C12H26O6S2. The fraction of sp³-hybridized carbons (Fsp3) is 0.833. The van der Waals surface area contributed by atoms with Gasteiger partial charge in [-0.2, -0.15) is 25.3 Å². The van der Waals surface area contributed by atoms with Gasteiger partial charge in [0.15, 0.2) is 0 Å². The number of carboxylic acids is 2. The van der Waals surface area contributed by atoms with Crippen LogP contribution < -0.4 is 0 Å². The van der Waals surface area contributed by atoms with Crippen LogP contribution in [0.5, 0.6) is 0 Å². The van der Waals surface area contributed by atoms with Gasteiger partial charge in [0.05, 0.1) is 26.1 Å². The van der Waals surface area contributed by atoms with Crippen molar-refractivity contribution in [3.63, 3.8) is 0 Å². The summed E-state index contributed by atoms with van der Waals surface area (Å²) in [7, 11) is 0. The summed E-state index contributed by atoms with van der Waals surface area (Å²) in [5.41, 5.74) is 0. The predicted octanol–water partition coefficient (Wildman–Crippen LogP) is 1.31. The maximum absolute atomic E-state index is 9.92. The van der Waals surface area contributed by atoms with Gasteiger partial charge >= 0.3 is 11.9 Å². The predicted molar refractivity (Wildman–Crippen MR) is 84.8 cm³/mol. The van der Waals surface area contributed by atoms with E-state index in [4.69, 9.17) is 20.4 Å². The zero-order valence-corrected chi connectivity index (χ0v) is 13.7. The van der Waals surface area contributed by atoms with Crippen molar-refractivity contribution in [1.29, 1.82) is 0 Å². The highest BCUT2D eigenvalue weighted by Crippen LogP contribution is 2.04. The second kappa shape index (κ2) is 18.6. The van der Waals surface area contributed by atoms with E-state index in [-0.39, 0.29) is 36.6 Å². The minimum Gasteiger partial charge on any atom is -0.481 e. The highest BCUT2D eigenvalue weighted by Gasteiger charge is 2.04. The molecule has 0 aliphatic rings. The summed E-state index contributed by atoms with van der Waals surface area (Å²) in [6.45, 7) is 3.58. The van der Waals surface area contributed by atoms with Crippen LogP contribution in [0.2, 0.25) is 0 Å². The molecule has 8 heteroatoms. The second-order valence-corrected chi connectivity index (χ2v) is 5.23. The molecule has 0 aromatic rings. The van der Waals surface area contributed by atoms with Crippen molar-refractivity contribution in [2.75, 3.05) is 13.2 Å². The molecule has 0 saturated heterocycles. The number of aliphatic hydroxyl groups is 2. The minimum absolute atomic E-state index is 0.0208. The van der Waals surface area contributed by atoms with Crippen LogP contribution in [0.3, 0.4) is 0 Å². The first-order valence-electron chi connectivity index (χ1n) is 6.26. The number of carboxylic acid groups (broad SMARTS) is 2. The lowest BCUT2D eigenvalue weighted by Crippen LogP contribution is -2.05. The van der Waals surface area contributed by atoms with Gasteiger partial charge in [-0.05, 0) is 12.8 Å². The fourth-order valence-electron chi connectivity index (χ4n) is 0.692. The standard InChI is InChI=1S/2C5H10O2S.C2H6O2/c2*1-2-4(8)3-5(6)7;3-1-2-4/h2*4,8H,2-3H2,1H3,(H,6,7);3-4H,1-2H2. The zero-order chi connectivity index (χ0) is 16.6. The molecule has 0 bridgehead atoms. The molecule has 0 aliphatic heterocycles. The van der Waals surface area contributed by atoms with Crippen molar-refractivity contribution >= 4 is 37.2 Å². The first-order chi connectivity index (χ1) is 9.24. The molecule has 0 radical (unpaired) electrons. The van der Waals surface area contributed by atoms with Gasteiger partial charge in [0, 0.05) is 10.5 Å². The van der Waals surface area contributed by atoms with E-state index in [0.29, 0.717) is 0 Å². The number of hydrogen-bond donors (Lipinski definition) is 6. The van der Waals surface area contributed by atoms with Crippen molar-refractivity contribution in [3.8, 4) is 0 Å². The molecule has 0 aromatic heterocycles. The van der Waals surface area contributed by atoms with Gasteiger partial charge in [0.1, 0.15) is 0 Å². The van der Waals surface area contributed by atoms with Crippen LogP contribution in [-0.2, 0) is 9.59 Å². The molecule has 0 spiro atoms. The van der Waals surface area contributed by atoms with Crippen LogP contribution in [0.1, 0.15) is 39.5 Å². The maximum atomic E-state index is 9.92. The monoisotopic (exact) mass is 330 g/mol. The summed E-state index contributed by atoms with van der Waals surface area (Å²) in [4.78, 5) is 19.8. The molecular weight excluding hydrogens is 304 g/mol. The Kier molecular flexibility index (Phi) is 22.8. The van der Waals surface area contributed by atoms with Crippen LogP contribution in [0.25, 0.3) is 0 Å². The van der Waals surface area contributed by atoms with Gasteiger partial charge in [-0.15, -0.1) is 0 Å². The fourth-order valence-corrected chi connectivity index (χ4v) is 1.00. The summed E-state index contributed by atoms with van der Waals surface area (Å²) in [6, 6.07) is 0. The molecule has 0 saturated carbocycles. The number of carbonyl (C=O) groups is 2. The summed E-state index contributed by atoms with van der Waals surface area (Å²) in [5, 5.41) is 31.6. The molecule has 0 heterocycles. The summed E-state index contributed by atoms with van der Waals surface area (Å²) in [5.74, 6) is -1.54. The van der Waals surface area contributed by atoms with E-state index >= 15 is 0 Å². The third-order valence-electron chi connectivity index (χ3n) is 1.86. The maximum Gasteiger partial charge on any atom is 0.304 e. The molecule has 0 aliphatic carbocycles.